The second-order valence-electron chi connectivity index (χ2n) is 10.2. The maximum absolute atomic E-state index is 4.56. The molecule has 212 valence electrons. The van der Waals surface area contributed by atoms with Crippen molar-refractivity contribution in [1.29, 1.82) is 0 Å². The third-order valence-electron chi connectivity index (χ3n) is 7.69. The van der Waals surface area contributed by atoms with Crippen molar-refractivity contribution in [2.45, 2.75) is 25.2 Å². The summed E-state index contributed by atoms with van der Waals surface area (Å²) in [6.07, 6.45) is 0. The van der Waals surface area contributed by atoms with Crippen LogP contribution < -0.4 is 0 Å². The van der Waals surface area contributed by atoms with Crippen LogP contribution in [0, 0.1) is 0 Å². The molecule has 7 rings (SSSR count). The highest BCUT2D eigenvalue weighted by Crippen LogP contribution is 2.33. The maximum Gasteiger partial charge on any atom is 0.173 e. The predicted molar refractivity (Wildman–Crippen MR) is 162 cm³/mol. The Bertz CT molecular complexity index is 1530. The summed E-state index contributed by atoms with van der Waals surface area (Å²) in [5, 5.41) is 30.3. The third-order valence-corrected chi connectivity index (χ3v) is 9.41. The Morgan fingerprint density at radius 2 is 0.976 bits per heavy atom. The monoisotopic (exact) mass is 594 g/mol. The van der Waals surface area contributed by atoms with Crippen LogP contribution in [0.1, 0.15) is 44.6 Å². The van der Waals surface area contributed by atoms with E-state index in [0.717, 1.165) is 37.8 Å². The lowest BCUT2D eigenvalue weighted by Crippen LogP contribution is -2.50. The van der Waals surface area contributed by atoms with E-state index in [1.54, 1.807) is 22.7 Å². The standard InChI is InChI=1S/C30H30N10S2/c1-3-9-23(10-4-1)27(29-31-33-35-39(29)21-25-13-7-19-41-25)37-15-17-38(18-16-37)28(24-11-5-2-6-12-24)30-32-34-36-40(30)22-26-14-8-20-42-26/h1-14,19-20,27-28H,15-18,21-22H2. The summed E-state index contributed by atoms with van der Waals surface area (Å²) in [7, 11) is 0. The number of hydrogen-bond acceptors (Lipinski definition) is 10. The van der Waals surface area contributed by atoms with E-state index in [-0.39, 0.29) is 12.1 Å². The Labute approximate surface area is 251 Å². The van der Waals surface area contributed by atoms with Crippen molar-refractivity contribution in [1.82, 2.24) is 50.2 Å². The molecule has 2 atom stereocenters. The van der Waals surface area contributed by atoms with Gasteiger partial charge in [0.1, 0.15) is 0 Å². The molecule has 1 aliphatic rings. The number of hydrogen-bond donors (Lipinski definition) is 0. The van der Waals surface area contributed by atoms with E-state index in [2.05, 4.69) is 137 Å². The van der Waals surface area contributed by atoms with Crippen LogP contribution in [0.3, 0.4) is 0 Å². The van der Waals surface area contributed by atoms with E-state index in [0.29, 0.717) is 13.1 Å². The smallest absolute Gasteiger partial charge is 0.173 e. The maximum atomic E-state index is 4.56. The molecule has 4 aromatic heterocycles. The molecule has 0 saturated carbocycles. The molecule has 0 spiro atoms. The van der Waals surface area contributed by atoms with Crippen LogP contribution in [0.15, 0.2) is 95.7 Å². The van der Waals surface area contributed by atoms with Crippen molar-refractivity contribution >= 4 is 22.7 Å². The Balaban J connectivity index is 1.17. The van der Waals surface area contributed by atoms with Gasteiger partial charge < -0.3 is 0 Å². The van der Waals surface area contributed by atoms with Gasteiger partial charge >= 0.3 is 0 Å². The average Bonchev–Trinajstić information content (AvgIpc) is 3.87. The number of piperazine rings is 1. The molecule has 2 aromatic carbocycles. The molecule has 0 N–H and O–H groups in total. The van der Waals surface area contributed by atoms with Gasteiger partial charge in [-0.3, -0.25) is 9.80 Å². The van der Waals surface area contributed by atoms with Gasteiger partial charge in [-0.05, 0) is 54.9 Å². The summed E-state index contributed by atoms with van der Waals surface area (Å²) < 4.78 is 3.89. The van der Waals surface area contributed by atoms with Gasteiger partial charge in [-0.1, -0.05) is 72.8 Å². The van der Waals surface area contributed by atoms with E-state index in [4.69, 9.17) is 0 Å². The third kappa shape index (κ3) is 5.66. The largest absolute Gasteiger partial charge is 0.287 e. The minimum Gasteiger partial charge on any atom is -0.287 e. The van der Waals surface area contributed by atoms with Gasteiger partial charge in [-0.15, -0.1) is 32.9 Å². The lowest BCUT2D eigenvalue weighted by atomic mass is 10.0. The zero-order chi connectivity index (χ0) is 28.1. The lowest BCUT2D eigenvalue weighted by Gasteiger charge is -2.41. The number of aromatic nitrogens is 8. The van der Waals surface area contributed by atoms with E-state index in [1.165, 1.54) is 20.9 Å². The topological polar surface area (TPSA) is 93.7 Å². The van der Waals surface area contributed by atoms with Crippen molar-refractivity contribution in [3.05, 3.63) is 128 Å². The van der Waals surface area contributed by atoms with Crippen LogP contribution in [0.25, 0.3) is 0 Å². The van der Waals surface area contributed by atoms with Gasteiger partial charge in [-0.2, -0.15) is 0 Å². The van der Waals surface area contributed by atoms with Crippen LogP contribution in [-0.4, -0.2) is 76.4 Å². The molecule has 12 heteroatoms. The molecule has 42 heavy (non-hydrogen) atoms. The number of thiophene rings is 2. The second kappa shape index (κ2) is 12.4. The first-order valence-corrected chi connectivity index (χ1v) is 15.7. The molecule has 2 unspecified atom stereocenters. The Morgan fingerprint density at radius 1 is 0.548 bits per heavy atom. The quantitative estimate of drug-likeness (QED) is 0.231. The summed E-state index contributed by atoms with van der Waals surface area (Å²) in [5.74, 6) is 1.73. The molecular formula is C30H30N10S2. The van der Waals surface area contributed by atoms with Gasteiger partial charge in [0.25, 0.3) is 0 Å². The van der Waals surface area contributed by atoms with Crippen LogP contribution in [0.4, 0.5) is 0 Å². The molecule has 1 fully saturated rings. The molecule has 0 aliphatic carbocycles. The zero-order valence-corrected chi connectivity index (χ0v) is 24.6. The fourth-order valence-electron chi connectivity index (χ4n) is 5.71. The van der Waals surface area contributed by atoms with Crippen LogP contribution in [0.5, 0.6) is 0 Å². The Kier molecular flexibility index (Phi) is 7.91. The lowest BCUT2D eigenvalue weighted by molar-refractivity contribution is 0.0826. The number of rotatable bonds is 10. The normalized spacial score (nSPS) is 16.0. The van der Waals surface area contributed by atoms with Crippen molar-refractivity contribution in [3.63, 3.8) is 0 Å². The van der Waals surface area contributed by atoms with Gasteiger partial charge in [0, 0.05) is 35.9 Å². The first-order valence-electron chi connectivity index (χ1n) is 14.0. The molecule has 10 nitrogen and oxygen atoms in total. The predicted octanol–water partition coefficient (Wildman–Crippen LogP) is 4.38. The molecule has 0 amide bonds. The highest BCUT2D eigenvalue weighted by molar-refractivity contribution is 7.10. The van der Waals surface area contributed by atoms with Crippen molar-refractivity contribution in [2.24, 2.45) is 0 Å². The van der Waals surface area contributed by atoms with Gasteiger partial charge in [-0.25, -0.2) is 9.36 Å². The summed E-state index contributed by atoms with van der Waals surface area (Å²) in [6, 6.07) is 29.4. The Hall–Kier alpha value is -4.10. The number of benzene rings is 2. The SMILES string of the molecule is c1ccc(C(c2nnnn2Cc2cccs2)N2CCN(C(c3ccccc3)c3nnnn3Cc3cccs3)CC2)cc1. The summed E-state index contributed by atoms with van der Waals surface area (Å²) in [6.45, 7) is 4.71. The molecule has 0 radical (unpaired) electrons. The van der Waals surface area contributed by atoms with Gasteiger partial charge in [0.2, 0.25) is 0 Å². The molecule has 1 saturated heterocycles. The van der Waals surface area contributed by atoms with Gasteiger partial charge in [0.05, 0.1) is 25.2 Å². The first kappa shape index (κ1) is 26.8. The molecule has 1 aliphatic heterocycles. The molecule has 5 heterocycles. The first-order chi connectivity index (χ1) is 20.8. The fourth-order valence-corrected chi connectivity index (χ4v) is 7.08. The molecular weight excluding hydrogens is 565 g/mol. The van der Waals surface area contributed by atoms with E-state index >= 15 is 0 Å². The highest BCUT2D eigenvalue weighted by Gasteiger charge is 2.35. The van der Waals surface area contributed by atoms with E-state index in [9.17, 15) is 0 Å². The fraction of sp³-hybridized carbons (Fsp3) is 0.267. The Morgan fingerprint density at radius 3 is 1.36 bits per heavy atom. The van der Waals surface area contributed by atoms with Crippen LogP contribution in [0.2, 0.25) is 0 Å². The summed E-state index contributed by atoms with van der Waals surface area (Å²) in [5.41, 5.74) is 2.38. The number of tetrazole rings is 2. The van der Waals surface area contributed by atoms with Crippen LogP contribution in [-0.2, 0) is 13.1 Å². The van der Waals surface area contributed by atoms with E-state index < -0.39 is 0 Å². The minimum atomic E-state index is -0.0531. The minimum absolute atomic E-state index is 0.0531. The van der Waals surface area contributed by atoms with Gasteiger partial charge in [0.15, 0.2) is 11.6 Å². The van der Waals surface area contributed by atoms with Crippen molar-refractivity contribution in [3.8, 4) is 0 Å². The van der Waals surface area contributed by atoms with Crippen LogP contribution >= 0.6 is 22.7 Å². The van der Waals surface area contributed by atoms with Crippen molar-refractivity contribution in [2.75, 3.05) is 26.2 Å². The van der Waals surface area contributed by atoms with E-state index in [1.807, 2.05) is 9.36 Å². The average molecular weight is 595 g/mol. The molecule has 0 bridgehead atoms. The second-order valence-corrected chi connectivity index (χ2v) is 12.3. The zero-order valence-electron chi connectivity index (χ0n) is 22.9. The number of nitrogens with zero attached hydrogens (tertiary/aromatic N) is 10. The molecule has 6 aromatic rings. The highest BCUT2D eigenvalue weighted by atomic mass is 32.1. The summed E-state index contributed by atoms with van der Waals surface area (Å²) in [4.78, 5) is 7.45. The van der Waals surface area contributed by atoms with Crippen molar-refractivity contribution < 1.29 is 0 Å². The summed E-state index contributed by atoms with van der Waals surface area (Å²) >= 11 is 3.44.